The van der Waals surface area contributed by atoms with Crippen molar-refractivity contribution in [2.45, 2.75) is 57.7 Å². The second-order valence-electron chi connectivity index (χ2n) is 8.11. The summed E-state index contributed by atoms with van der Waals surface area (Å²) in [5.41, 5.74) is 0. The predicted octanol–water partition coefficient (Wildman–Crippen LogP) is 1.95. The number of hydrogen-bond donors (Lipinski definition) is 1. The average Bonchev–Trinajstić information content (AvgIpc) is 3.21. The summed E-state index contributed by atoms with van der Waals surface area (Å²) in [6.07, 6.45) is 7.94. The molecular formula is C20H38N4O2. The van der Waals surface area contributed by atoms with E-state index in [1.807, 2.05) is 7.05 Å². The van der Waals surface area contributed by atoms with Gasteiger partial charge in [-0.3, -0.25) is 4.99 Å². The molecule has 3 heterocycles. The average molecular weight is 367 g/mol. The van der Waals surface area contributed by atoms with Crippen LogP contribution in [0.15, 0.2) is 4.99 Å². The van der Waals surface area contributed by atoms with Crippen LogP contribution in [0, 0.1) is 5.92 Å². The van der Waals surface area contributed by atoms with Crippen LogP contribution in [0.4, 0.5) is 0 Å². The highest BCUT2D eigenvalue weighted by atomic mass is 16.5. The lowest BCUT2D eigenvalue weighted by atomic mass is 9.99. The zero-order valence-corrected chi connectivity index (χ0v) is 16.8. The Labute approximate surface area is 159 Å². The molecule has 0 aliphatic carbocycles. The number of hydrogen-bond acceptors (Lipinski definition) is 4. The Bertz CT molecular complexity index is 432. The van der Waals surface area contributed by atoms with Crippen LogP contribution in [0.3, 0.4) is 0 Å². The Morgan fingerprint density at radius 3 is 2.58 bits per heavy atom. The quantitative estimate of drug-likeness (QED) is 0.442. The summed E-state index contributed by atoms with van der Waals surface area (Å²) in [6, 6.07) is 0. The molecule has 26 heavy (non-hydrogen) atoms. The molecule has 6 heteroatoms. The molecule has 0 aromatic heterocycles. The van der Waals surface area contributed by atoms with Gasteiger partial charge < -0.3 is 24.6 Å². The normalized spacial score (nSPS) is 29.3. The first-order valence-corrected chi connectivity index (χ1v) is 10.7. The van der Waals surface area contributed by atoms with Crippen molar-refractivity contribution in [3.63, 3.8) is 0 Å². The third-order valence-corrected chi connectivity index (χ3v) is 6.04. The van der Waals surface area contributed by atoms with Crippen molar-refractivity contribution in [1.82, 2.24) is 15.1 Å². The number of rotatable bonds is 6. The smallest absolute Gasteiger partial charge is 0.193 e. The second kappa shape index (κ2) is 10.5. The van der Waals surface area contributed by atoms with Crippen molar-refractivity contribution in [2.24, 2.45) is 10.9 Å². The summed E-state index contributed by atoms with van der Waals surface area (Å²) in [5.74, 6) is 1.94. The molecule has 3 aliphatic rings. The van der Waals surface area contributed by atoms with Gasteiger partial charge >= 0.3 is 0 Å². The Balaban J connectivity index is 1.32. The Morgan fingerprint density at radius 2 is 1.85 bits per heavy atom. The van der Waals surface area contributed by atoms with Gasteiger partial charge in [-0.1, -0.05) is 6.92 Å². The highest BCUT2D eigenvalue weighted by molar-refractivity contribution is 5.80. The molecule has 3 aliphatic heterocycles. The minimum absolute atomic E-state index is 0.186. The maximum atomic E-state index is 5.95. The van der Waals surface area contributed by atoms with Gasteiger partial charge in [-0.15, -0.1) is 0 Å². The number of unbranched alkanes of at least 4 members (excludes halogenated alkanes) is 1. The number of nitrogens with zero attached hydrogens (tertiary/aromatic N) is 3. The number of ether oxygens (including phenoxy) is 2. The maximum Gasteiger partial charge on any atom is 0.193 e. The van der Waals surface area contributed by atoms with E-state index in [0.29, 0.717) is 0 Å². The van der Waals surface area contributed by atoms with E-state index in [2.05, 4.69) is 27.0 Å². The highest BCUT2D eigenvalue weighted by Gasteiger charge is 2.32. The number of morpholine rings is 1. The first kappa shape index (κ1) is 19.9. The fraction of sp³-hybridized carbons (Fsp3) is 0.950. The molecule has 150 valence electrons. The molecule has 0 bridgehead atoms. The standard InChI is InChI=1S/C20H38N4O2/c1-17-7-11-23(12-8-17)10-4-3-9-22-20(21-2)24-13-15-26-19(16-24)18-6-5-14-25-18/h17-19H,3-16H2,1-2H3,(H,21,22). The monoisotopic (exact) mass is 366 g/mol. The minimum atomic E-state index is 0.186. The van der Waals surface area contributed by atoms with E-state index in [1.165, 1.54) is 45.3 Å². The van der Waals surface area contributed by atoms with Crippen LogP contribution in [0.25, 0.3) is 0 Å². The van der Waals surface area contributed by atoms with Gasteiger partial charge in [-0.05, 0) is 64.1 Å². The van der Waals surface area contributed by atoms with Crippen LogP contribution >= 0.6 is 0 Å². The summed E-state index contributed by atoms with van der Waals surface area (Å²) in [7, 11) is 1.88. The highest BCUT2D eigenvalue weighted by Crippen LogP contribution is 2.21. The first-order valence-electron chi connectivity index (χ1n) is 10.7. The van der Waals surface area contributed by atoms with E-state index in [9.17, 15) is 0 Å². The van der Waals surface area contributed by atoms with Gasteiger partial charge in [-0.25, -0.2) is 0 Å². The molecule has 0 spiro atoms. The molecule has 6 nitrogen and oxygen atoms in total. The SMILES string of the molecule is CN=C(NCCCCN1CCC(C)CC1)N1CCOC(C2CCCO2)C1. The maximum absolute atomic E-state index is 5.95. The summed E-state index contributed by atoms with van der Waals surface area (Å²) < 4.78 is 11.8. The lowest BCUT2D eigenvalue weighted by Crippen LogP contribution is -2.53. The molecule has 0 radical (unpaired) electrons. The van der Waals surface area contributed by atoms with Crippen LogP contribution in [-0.4, -0.2) is 87.5 Å². The topological polar surface area (TPSA) is 49.3 Å². The fourth-order valence-corrected chi connectivity index (χ4v) is 4.27. The largest absolute Gasteiger partial charge is 0.375 e. The number of likely N-dealkylation sites (tertiary alicyclic amines) is 1. The molecule has 3 fully saturated rings. The van der Waals surface area contributed by atoms with Crippen molar-refractivity contribution < 1.29 is 9.47 Å². The van der Waals surface area contributed by atoms with Crippen LogP contribution in [0.5, 0.6) is 0 Å². The predicted molar refractivity (Wildman–Crippen MR) is 106 cm³/mol. The molecule has 0 amide bonds. The van der Waals surface area contributed by atoms with E-state index in [1.54, 1.807) is 0 Å². The van der Waals surface area contributed by atoms with Crippen molar-refractivity contribution in [3.8, 4) is 0 Å². The van der Waals surface area contributed by atoms with Gasteiger partial charge in [0, 0.05) is 33.3 Å². The number of aliphatic imine (C=N–C) groups is 1. The minimum Gasteiger partial charge on any atom is -0.375 e. The molecule has 3 rings (SSSR count). The summed E-state index contributed by atoms with van der Waals surface area (Å²) >= 11 is 0. The molecular weight excluding hydrogens is 328 g/mol. The van der Waals surface area contributed by atoms with E-state index in [4.69, 9.17) is 9.47 Å². The van der Waals surface area contributed by atoms with Gasteiger partial charge in [0.05, 0.1) is 12.7 Å². The van der Waals surface area contributed by atoms with Crippen LogP contribution in [0.2, 0.25) is 0 Å². The molecule has 2 atom stereocenters. The fourth-order valence-electron chi connectivity index (χ4n) is 4.27. The summed E-state index contributed by atoms with van der Waals surface area (Å²) in [4.78, 5) is 9.46. The third-order valence-electron chi connectivity index (χ3n) is 6.04. The van der Waals surface area contributed by atoms with Gasteiger partial charge in [0.1, 0.15) is 6.10 Å². The summed E-state index contributed by atoms with van der Waals surface area (Å²) in [6.45, 7) is 10.6. The van der Waals surface area contributed by atoms with Gasteiger partial charge in [0.25, 0.3) is 0 Å². The van der Waals surface area contributed by atoms with Gasteiger partial charge in [0.15, 0.2) is 5.96 Å². The zero-order valence-electron chi connectivity index (χ0n) is 16.8. The van der Waals surface area contributed by atoms with Gasteiger partial charge in [0.2, 0.25) is 0 Å². The molecule has 3 saturated heterocycles. The van der Waals surface area contributed by atoms with Crippen LogP contribution in [0.1, 0.15) is 45.4 Å². The molecule has 2 unspecified atom stereocenters. The molecule has 0 aromatic carbocycles. The van der Waals surface area contributed by atoms with E-state index in [-0.39, 0.29) is 12.2 Å². The van der Waals surface area contributed by atoms with Gasteiger partial charge in [-0.2, -0.15) is 0 Å². The zero-order chi connectivity index (χ0) is 18.2. The number of guanidine groups is 1. The third kappa shape index (κ3) is 5.83. The number of nitrogens with one attached hydrogen (secondary N) is 1. The van der Waals surface area contributed by atoms with Crippen LogP contribution in [-0.2, 0) is 9.47 Å². The van der Waals surface area contributed by atoms with Crippen molar-refractivity contribution in [1.29, 1.82) is 0 Å². The van der Waals surface area contributed by atoms with Crippen LogP contribution < -0.4 is 5.32 Å². The van der Waals surface area contributed by atoms with E-state index >= 15 is 0 Å². The Kier molecular flexibility index (Phi) is 8.02. The second-order valence-corrected chi connectivity index (χ2v) is 8.11. The Morgan fingerprint density at radius 1 is 1.04 bits per heavy atom. The van der Waals surface area contributed by atoms with Crippen molar-refractivity contribution in [3.05, 3.63) is 0 Å². The Hall–Kier alpha value is -0.850. The first-order chi connectivity index (χ1) is 12.8. The molecule has 0 aromatic rings. The van der Waals surface area contributed by atoms with E-state index in [0.717, 1.165) is 57.6 Å². The lowest BCUT2D eigenvalue weighted by Gasteiger charge is -2.37. The van der Waals surface area contributed by atoms with Crippen molar-refractivity contribution >= 4 is 5.96 Å². The van der Waals surface area contributed by atoms with Crippen molar-refractivity contribution in [2.75, 3.05) is 59.5 Å². The lowest BCUT2D eigenvalue weighted by molar-refractivity contribution is -0.0816. The van der Waals surface area contributed by atoms with E-state index < -0.39 is 0 Å². The summed E-state index contributed by atoms with van der Waals surface area (Å²) in [5, 5.41) is 3.56. The number of piperidine rings is 1. The molecule has 0 saturated carbocycles. The molecule has 1 N–H and O–H groups in total.